The maximum Gasteiger partial charge on any atom is 0.0659 e. The molecule has 72 valence electrons. The molecular weight excluding hydrogens is 150 g/mol. The van der Waals surface area contributed by atoms with Crippen LogP contribution in [0.2, 0.25) is 0 Å². The minimum atomic E-state index is -0.259. The second-order valence-electron chi connectivity index (χ2n) is 5.31. The number of hydrogen-bond donors (Lipinski definition) is 2. The van der Waals surface area contributed by atoms with E-state index in [9.17, 15) is 5.11 Å². The maximum absolute atomic E-state index is 10.1. The van der Waals surface area contributed by atoms with Crippen LogP contribution in [-0.4, -0.2) is 17.8 Å². The van der Waals surface area contributed by atoms with Gasteiger partial charge in [0.25, 0.3) is 0 Å². The second-order valence-corrected chi connectivity index (χ2v) is 5.31. The van der Waals surface area contributed by atoms with Crippen molar-refractivity contribution >= 4 is 0 Å². The van der Waals surface area contributed by atoms with Crippen LogP contribution in [0.25, 0.3) is 0 Å². The first kappa shape index (κ1) is 10.0. The Labute approximate surface area is 75.2 Å². The summed E-state index contributed by atoms with van der Waals surface area (Å²) >= 11 is 0. The highest BCUT2D eigenvalue weighted by Gasteiger charge is 2.57. The predicted octanol–water partition coefficient (Wildman–Crippen LogP) is 1.38. The van der Waals surface area contributed by atoms with Crippen molar-refractivity contribution in [1.82, 2.24) is 0 Å². The number of aliphatic hydroxyl groups is 1. The molecule has 1 rings (SSSR count). The molecule has 0 unspecified atom stereocenters. The lowest BCUT2D eigenvalue weighted by atomic mass is 9.78. The molecule has 1 saturated carbocycles. The third-order valence-corrected chi connectivity index (χ3v) is 3.25. The lowest BCUT2D eigenvalue weighted by Gasteiger charge is -2.33. The minimum Gasteiger partial charge on any atom is -0.392 e. The van der Waals surface area contributed by atoms with Crippen molar-refractivity contribution in [2.75, 3.05) is 6.54 Å². The molecule has 0 amide bonds. The summed E-state index contributed by atoms with van der Waals surface area (Å²) < 4.78 is 0. The maximum atomic E-state index is 10.1. The van der Waals surface area contributed by atoms with E-state index in [0.29, 0.717) is 12.5 Å². The number of aliphatic hydroxyl groups excluding tert-OH is 1. The van der Waals surface area contributed by atoms with Gasteiger partial charge in [-0.05, 0) is 17.8 Å². The molecule has 1 fully saturated rings. The monoisotopic (exact) mass is 171 g/mol. The Morgan fingerprint density at radius 3 is 2.08 bits per heavy atom. The van der Waals surface area contributed by atoms with Crippen LogP contribution in [-0.2, 0) is 0 Å². The quantitative estimate of drug-likeness (QED) is 0.659. The lowest BCUT2D eigenvalue weighted by molar-refractivity contribution is -0.00322. The van der Waals surface area contributed by atoms with E-state index in [-0.39, 0.29) is 16.9 Å². The Morgan fingerprint density at radius 2 is 2.00 bits per heavy atom. The Balaban J connectivity index is 2.70. The third-order valence-electron chi connectivity index (χ3n) is 3.25. The predicted molar refractivity (Wildman–Crippen MR) is 50.7 cm³/mol. The molecule has 0 aromatic heterocycles. The molecule has 0 aromatic carbocycles. The van der Waals surface area contributed by atoms with Crippen molar-refractivity contribution in [3.05, 3.63) is 0 Å². The lowest BCUT2D eigenvalue weighted by Crippen LogP contribution is -2.40. The Hall–Kier alpha value is -0.0800. The van der Waals surface area contributed by atoms with E-state index in [0.717, 1.165) is 6.42 Å². The first-order valence-electron chi connectivity index (χ1n) is 4.73. The average molecular weight is 171 g/mol. The molecular formula is C10H21NO. The van der Waals surface area contributed by atoms with Gasteiger partial charge < -0.3 is 10.8 Å². The highest BCUT2D eigenvalue weighted by molar-refractivity contribution is 5.08. The van der Waals surface area contributed by atoms with Gasteiger partial charge in [0.2, 0.25) is 0 Å². The number of rotatable bonds is 2. The van der Waals surface area contributed by atoms with Crippen molar-refractivity contribution in [2.45, 2.75) is 40.2 Å². The van der Waals surface area contributed by atoms with Gasteiger partial charge in [0.05, 0.1) is 6.10 Å². The van der Waals surface area contributed by atoms with E-state index in [1.165, 1.54) is 0 Å². The van der Waals surface area contributed by atoms with Crippen molar-refractivity contribution in [3.8, 4) is 0 Å². The zero-order valence-corrected chi connectivity index (χ0v) is 8.59. The van der Waals surface area contributed by atoms with Crippen LogP contribution in [0.3, 0.4) is 0 Å². The van der Waals surface area contributed by atoms with E-state index in [1.54, 1.807) is 0 Å². The summed E-state index contributed by atoms with van der Waals surface area (Å²) in [6, 6.07) is 0. The second kappa shape index (κ2) is 2.71. The van der Waals surface area contributed by atoms with Gasteiger partial charge in [0.15, 0.2) is 0 Å². The van der Waals surface area contributed by atoms with Crippen molar-refractivity contribution in [1.29, 1.82) is 0 Å². The molecule has 0 saturated heterocycles. The zero-order chi connectivity index (χ0) is 9.57. The molecule has 2 nitrogen and oxygen atoms in total. The summed E-state index contributed by atoms with van der Waals surface area (Å²) in [4.78, 5) is 0. The fraction of sp³-hybridized carbons (Fsp3) is 1.00. The van der Waals surface area contributed by atoms with Crippen LogP contribution in [0.4, 0.5) is 0 Å². The van der Waals surface area contributed by atoms with E-state index in [2.05, 4.69) is 27.7 Å². The standard InChI is InChI=1S/C10H21NO/c1-7-5-10(7,6-11)8(12)9(2,3)4/h7-8,12H,5-6,11H2,1-4H3/t7-,8-,10-/m1/s1. The Kier molecular flexibility index (Phi) is 2.26. The fourth-order valence-electron chi connectivity index (χ4n) is 2.15. The van der Waals surface area contributed by atoms with Crippen molar-refractivity contribution in [2.24, 2.45) is 22.5 Å². The van der Waals surface area contributed by atoms with Crippen LogP contribution < -0.4 is 5.73 Å². The molecule has 12 heavy (non-hydrogen) atoms. The average Bonchev–Trinajstić information content (AvgIpc) is 2.59. The summed E-state index contributed by atoms with van der Waals surface area (Å²) in [6.07, 6.45) is 0.826. The topological polar surface area (TPSA) is 46.2 Å². The van der Waals surface area contributed by atoms with Crippen LogP contribution in [0.5, 0.6) is 0 Å². The molecule has 3 N–H and O–H groups in total. The normalized spacial score (nSPS) is 38.0. The summed E-state index contributed by atoms with van der Waals surface area (Å²) in [5.74, 6) is 0.594. The fourth-order valence-corrected chi connectivity index (χ4v) is 2.15. The largest absolute Gasteiger partial charge is 0.392 e. The van der Waals surface area contributed by atoms with Crippen LogP contribution >= 0.6 is 0 Å². The van der Waals surface area contributed by atoms with Gasteiger partial charge >= 0.3 is 0 Å². The van der Waals surface area contributed by atoms with Crippen molar-refractivity contribution < 1.29 is 5.11 Å². The molecule has 0 aliphatic heterocycles. The third kappa shape index (κ3) is 1.38. The number of nitrogens with two attached hydrogens (primary N) is 1. The van der Waals surface area contributed by atoms with Crippen LogP contribution in [0.15, 0.2) is 0 Å². The smallest absolute Gasteiger partial charge is 0.0659 e. The van der Waals surface area contributed by atoms with Gasteiger partial charge in [-0.25, -0.2) is 0 Å². The summed E-state index contributed by atoms with van der Waals surface area (Å²) in [7, 11) is 0. The van der Waals surface area contributed by atoms with Gasteiger partial charge in [-0.15, -0.1) is 0 Å². The zero-order valence-electron chi connectivity index (χ0n) is 8.59. The number of hydrogen-bond acceptors (Lipinski definition) is 2. The van der Waals surface area contributed by atoms with Gasteiger partial charge in [-0.3, -0.25) is 0 Å². The first-order valence-corrected chi connectivity index (χ1v) is 4.73. The molecule has 0 heterocycles. The molecule has 0 spiro atoms. The summed E-state index contributed by atoms with van der Waals surface area (Å²) in [5.41, 5.74) is 5.69. The van der Waals surface area contributed by atoms with E-state index in [1.807, 2.05) is 0 Å². The van der Waals surface area contributed by atoms with Crippen LogP contribution in [0, 0.1) is 16.7 Å². The Bertz CT molecular complexity index is 169. The molecule has 2 heteroatoms. The van der Waals surface area contributed by atoms with E-state index in [4.69, 9.17) is 5.73 Å². The minimum absolute atomic E-state index is 0.0260. The summed E-state index contributed by atoms with van der Waals surface area (Å²) in [6.45, 7) is 8.99. The molecule has 1 aliphatic carbocycles. The molecule has 0 aromatic rings. The van der Waals surface area contributed by atoms with Gasteiger partial charge in [-0.1, -0.05) is 27.7 Å². The molecule has 3 atom stereocenters. The van der Waals surface area contributed by atoms with Gasteiger partial charge in [-0.2, -0.15) is 0 Å². The molecule has 1 aliphatic rings. The highest BCUT2D eigenvalue weighted by Crippen LogP contribution is 2.57. The first-order chi connectivity index (χ1) is 5.34. The highest BCUT2D eigenvalue weighted by atomic mass is 16.3. The SMILES string of the molecule is C[C@@H]1C[C@]1(CN)[C@H](O)C(C)(C)C. The van der Waals surface area contributed by atoms with Crippen molar-refractivity contribution in [3.63, 3.8) is 0 Å². The van der Waals surface area contributed by atoms with Crippen LogP contribution in [0.1, 0.15) is 34.1 Å². The molecule has 0 radical (unpaired) electrons. The molecule has 0 bridgehead atoms. The van der Waals surface area contributed by atoms with Gasteiger partial charge in [0.1, 0.15) is 0 Å². The summed E-state index contributed by atoms with van der Waals surface area (Å²) in [5, 5.41) is 10.1. The van der Waals surface area contributed by atoms with Gasteiger partial charge in [0, 0.05) is 12.0 Å². The van der Waals surface area contributed by atoms with E-state index < -0.39 is 0 Å². The van der Waals surface area contributed by atoms with E-state index >= 15 is 0 Å². The Morgan fingerprint density at radius 1 is 1.58 bits per heavy atom.